The van der Waals surface area contributed by atoms with Gasteiger partial charge in [0.15, 0.2) is 0 Å². The average molecular weight is 319 g/mol. The predicted molar refractivity (Wildman–Crippen MR) is 94.7 cm³/mol. The largest absolute Gasteiger partial charge is 0.322 e. The maximum Gasteiger partial charge on any atom is 0.255 e. The molecule has 0 radical (unpaired) electrons. The van der Waals surface area contributed by atoms with Gasteiger partial charge in [-0.3, -0.25) is 9.69 Å². The molecular formula is C20H21N3O. The summed E-state index contributed by atoms with van der Waals surface area (Å²) in [5, 5.41) is 11.6. The van der Waals surface area contributed by atoms with Crippen LogP contribution in [0.3, 0.4) is 0 Å². The van der Waals surface area contributed by atoms with Crippen molar-refractivity contribution in [2.45, 2.75) is 25.8 Å². The molecule has 0 aromatic heterocycles. The maximum absolute atomic E-state index is 12.3. The molecule has 1 aliphatic rings. The standard InChI is InChI=1S/C20H21N3O/c21-14-16-6-10-19(11-7-16)22-20(24)18-8-4-17(5-9-18)15-23-12-2-1-3-13-23/h4-11H,1-3,12-13,15H2,(H,22,24). The Bertz CT molecular complexity index is 723. The van der Waals surface area contributed by atoms with Crippen molar-refractivity contribution in [1.29, 1.82) is 5.26 Å². The van der Waals surface area contributed by atoms with Crippen LogP contribution in [0.5, 0.6) is 0 Å². The smallest absolute Gasteiger partial charge is 0.255 e. The van der Waals surface area contributed by atoms with Gasteiger partial charge in [-0.1, -0.05) is 18.6 Å². The summed E-state index contributed by atoms with van der Waals surface area (Å²) in [4.78, 5) is 14.8. The molecule has 4 heteroatoms. The molecule has 1 saturated heterocycles. The SMILES string of the molecule is N#Cc1ccc(NC(=O)c2ccc(CN3CCCCC3)cc2)cc1. The second kappa shape index (κ2) is 7.76. The lowest BCUT2D eigenvalue weighted by molar-refractivity contribution is 0.102. The molecular weight excluding hydrogens is 298 g/mol. The summed E-state index contributed by atoms with van der Waals surface area (Å²) in [6, 6.07) is 16.7. The molecule has 0 unspecified atom stereocenters. The monoisotopic (exact) mass is 319 g/mol. The van der Waals surface area contributed by atoms with E-state index in [1.807, 2.05) is 24.3 Å². The third-order valence-corrected chi connectivity index (χ3v) is 4.34. The normalized spacial score (nSPS) is 14.8. The number of likely N-dealkylation sites (tertiary alicyclic amines) is 1. The Morgan fingerprint density at radius 2 is 1.67 bits per heavy atom. The number of amides is 1. The van der Waals surface area contributed by atoms with E-state index in [2.05, 4.69) is 16.3 Å². The number of nitrogens with one attached hydrogen (secondary N) is 1. The first-order chi connectivity index (χ1) is 11.7. The minimum absolute atomic E-state index is 0.135. The predicted octanol–water partition coefficient (Wildman–Crippen LogP) is 3.80. The average Bonchev–Trinajstić information content (AvgIpc) is 2.64. The Balaban J connectivity index is 1.59. The second-order valence-corrected chi connectivity index (χ2v) is 6.18. The van der Waals surface area contributed by atoms with Gasteiger partial charge in [0.05, 0.1) is 11.6 Å². The van der Waals surface area contributed by atoms with E-state index in [9.17, 15) is 4.79 Å². The van der Waals surface area contributed by atoms with Crippen molar-refractivity contribution >= 4 is 11.6 Å². The van der Waals surface area contributed by atoms with Crippen LogP contribution < -0.4 is 5.32 Å². The maximum atomic E-state index is 12.3. The van der Waals surface area contributed by atoms with Crippen molar-refractivity contribution in [3.05, 3.63) is 65.2 Å². The summed E-state index contributed by atoms with van der Waals surface area (Å²) < 4.78 is 0. The van der Waals surface area contributed by atoms with E-state index in [-0.39, 0.29) is 5.91 Å². The molecule has 1 amide bonds. The molecule has 1 N–H and O–H groups in total. The van der Waals surface area contributed by atoms with E-state index in [0.717, 1.165) is 6.54 Å². The van der Waals surface area contributed by atoms with Crippen molar-refractivity contribution in [2.24, 2.45) is 0 Å². The van der Waals surface area contributed by atoms with Crippen molar-refractivity contribution in [3.8, 4) is 6.07 Å². The Labute approximate surface area is 142 Å². The van der Waals surface area contributed by atoms with Gasteiger partial charge < -0.3 is 5.32 Å². The second-order valence-electron chi connectivity index (χ2n) is 6.18. The zero-order valence-corrected chi connectivity index (χ0v) is 13.7. The number of carbonyl (C=O) groups excluding carboxylic acids is 1. The Morgan fingerprint density at radius 1 is 1.00 bits per heavy atom. The van der Waals surface area contributed by atoms with Crippen LogP contribution in [-0.2, 0) is 6.54 Å². The van der Waals surface area contributed by atoms with E-state index in [0.29, 0.717) is 16.8 Å². The molecule has 0 atom stereocenters. The summed E-state index contributed by atoms with van der Waals surface area (Å²) in [6.07, 6.45) is 3.90. The zero-order chi connectivity index (χ0) is 16.8. The highest BCUT2D eigenvalue weighted by atomic mass is 16.1. The summed E-state index contributed by atoms with van der Waals surface area (Å²) in [5.74, 6) is -0.135. The van der Waals surface area contributed by atoms with E-state index in [1.165, 1.54) is 37.9 Å². The molecule has 1 aliphatic heterocycles. The van der Waals surface area contributed by atoms with Crippen LogP contribution in [0.15, 0.2) is 48.5 Å². The molecule has 0 bridgehead atoms. The minimum atomic E-state index is -0.135. The van der Waals surface area contributed by atoms with Crippen LogP contribution in [0.25, 0.3) is 0 Å². The third kappa shape index (κ3) is 4.21. The van der Waals surface area contributed by atoms with E-state index >= 15 is 0 Å². The number of anilines is 1. The molecule has 24 heavy (non-hydrogen) atoms. The van der Waals surface area contributed by atoms with Gasteiger partial charge >= 0.3 is 0 Å². The number of benzene rings is 2. The van der Waals surface area contributed by atoms with Crippen molar-refractivity contribution in [2.75, 3.05) is 18.4 Å². The van der Waals surface area contributed by atoms with Crippen LogP contribution in [0.2, 0.25) is 0 Å². The molecule has 1 fully saturated rings. The van der Waals surface area contributed by atoms with Gasteiger partial charge in [0.2, 0.25) is 0 Å². The Hall–Kier alpha value is -2.64. The van der Waals surface area contributed by atoms with Crippen molar-refractivity contribution in [1.82, 2.24) is 4.90 Å². The lowest BCUT2D eigenvalue weighted by Crippen LogP contribution is -2.29. The van der Waals surface area contributed by atoms with Gasteiger partial charge in [0.1, 0.15) is 0 Å². The summed E-state index contributed by atoms with van der Waals surface area (Å²) >= 11 is 0. The van der Waals surface area contributed by atoms with Crippen LogP contribution in [-0.4, -0.2) is 23.9 Å². The Kier molecular flexibility index (Phi) is 5.25. The van der Waals surface area contributed by atoms with E-state index in [4.69, 9.17) is 5.26 Å². The minimum Gasteiger partial charge on any atom is -0.322 e. The van der Waals surface area contributed by atoms with Gasteiger partial charge in [0.25, 0.3) is 5.91 Å². The van der Waals surface area contributed by atoms with Gasteiger partial charge in [-0.2, -0.15) is 5.26 Å². The first-order valence-corrected chi connectivity index (χ1v) is 8.37. The number of nitriles is 1. The first kappa shape index (κ1) is 16.2. The topological polar surface area (TPSA) is 56.1 Å². The van der Waals surface area contributed by atoms with Crippen molar-refractivity contribution in [3.63, 3.8) is 0 Å². The quantitative estimate of drug-likeness (QED) is 0.932. The first-order valence-electron chi connectivity index (χ1n) is 8.37. The molecule has 4 nitrogen and oxygen atoms in total. The third-order valence-electron chi connectivity index (χ3n) is 4.34. The van der Waals surface area contributed by atoms with Gasteiger partial charge in [-0.05, 0) is 67.9 Å². The summed E-state index contributed by atoms with van der Waals surface area (Å²) in [6.45, 7) is 3.29. The van der Waals surface area contributed by atoms with Crippen LogP contribution in [0.1, 0.15) is 40.7 Å². The lowest BCUT2D eigenvalue weighted by Gasteiger charge is -2.26. The van der Waals surface area contributed by atoms with Crippen LogP contribution in [0, 0.1) is 11.3 Å². The molecule has 0 spiro atoms. The number of nitrogens with zero attached hydrogens (tertiary/aromatic N) is 2. The molecule has 0 saturated carbocycles. The number of hydrogen-bond acceptors (Lipinski definition) is 3. The highest BCUT2D eigenvalue weighted by Gasteiger charge is 2.11. The van der Waals surface area contributed by atoms with Gasteiger partial charge in [-0.25, -0.2) is 0 Å². The van der Waals surface area contributed by atoms with Crippen LogP contribution in [0.4, 0.5) is 5.69 Å². The summed E-state index contributed by atoms with van der Waals surface area (Å²) in [5.41, 5.74) is 3.15. The summed E-state index contributed by atoms with van der Waals surface area (Å²) in [7, 11) is 0. The molecule has 122 valence electrons. The van der Waals surface area contributed by atoms with Crippen LogP contribution >= 0.6 is 0 Å². The molecule has 3 rings (SSSR count). The zero-order valence-electron chi connectivity index (χ0n) is 13.7. The lowest BCUT2D eigenvalue weighted by atomic mass is 10.1. The fourth-order valence-corrected chi connectivity index (χ4v) is 2.97. The molecule has 2 aromatic rings. The van der Waals surface area contributed by atoms with Crippen molar-refractivity contribution < 1.29 is 4.79 Å². The number of piperidine rings is 1. The molecule has 1 heterocycles. The number of carbonyl (C=O) groups is 1. The van der Waals surface area contributed by atoms with E-state index < -0.39 is 0 Å². The fourth-order valence-electron chi connectivity index (χ4n) is 2.97. The number of hydrogen-bond donors (Lipinski definition) is 1. The highest BCUT2D eigenvalue weighted by molar-refractivity contribution is 6.04. The number of rotatable bonds is 4. The molecule has 0 aliphatic carbocycles. The molecule has 2 aromatic carbocycles. The fraction of sp³-hybridized carbons (Fsp3) is 0.300. The van der Waals surface area contributed by atoms with Gasteiger partial charge in [-0.15, -0.1) is 0 Å². The van der Waals surface area contributed by atoms with Gasteiger partial charge in [0, 0.05) is 17.8 Å². The highest BCUT2D eigenvalue weighted by Crippen LogP contribution is 2.15. The Morgan fingerprint density at radius 3 is 2.29 bits per heavy atom. The van der Waals surface area contributed by atoms with E-state index in [1.54, 1.807) is 24.3 Å².